The largest absolute Gasteiger partial charge is 0.300 e. The molecule has 1 rings (SSSR count). The van der Waals surface area contributed by atoms with E-state index in [9.17, 15) is 9.59 Å². The van der Waals surface area contributed by atoms with Crippen molar-refractivity contribution in [3.63, 3.8) is 0 Å². The highest BCUT2D eigenvalue weighted by molar-refractivity contribution is 5.79. The van der Waals surface area contributed by atoms with E-state index < -0.39 is 0 Å². The van der Waals surface area contributed by atoms with Crippen molar-refractivity contribution in [2.24, 2.45) is 5.84 Å². The lowest BCUT2D eigenvalue weighted by molar-refractivity contribution is -0.123. The maximum Gasteiger partial charge on any atom is 0.233 e. The van der Waals surface area contributed by atoms with Crippen molar-refractivity contribution < 1.29 is 9.59 Å². The van der Waals surface area contributed by atoms with E-state index in [4.69, 9.17) is 5.84 Å². The van der Waals surface area contributed by atoms with Crippen molar-refractivity contribution in [1.29, 1.82) is 0 Å². The molecule has 1 unspecified atom stereocenters. The second kappa shape index (κ2) is 5.82. The smallest absolute Gasteiger partial charge is 0.233 e. The molecule has 86 valence electrons. The van der Waals surface area contributed by atoms with Gasteiger partial charge >= 0.3 is 0 Å². The van der Waals surface area contributed by atoms with Crippen LogP contribution in [0.25, 0.3) is 0 Å². The number of hydrogen-bond donors (Lipinski definition) is 2. The number of Topliss-reactive ketones (excluding diaryl/α,β-unsaturated/α-hetero) is 1. The Hall–Kier alpha value is -0.940. The molecule has 0 aromatic carbocycles. The maximum atomic E-state index is 11.0. The maximum absolute atomic E-state index is 11.0. The van der Waals surface area contributed by atoms with Crippen molar-refractivity contribution in [1.82, 2.24) is 10.3 Å². The first kappa shape index (κ1) is 12.1. The molecule has 1 heterocycles. The molecule has 0 radical (unpaired) electrons. The summed E-state index contributed by atoms with van der Waals surface area (Å²) in [6, 6.07) is 0.343. The summed E-state index contributed by atoms with van der Waals surface area (Å²) in [5.41, 5.74) is 2.12. The van der Waals surface area contributed by atoms with Crippen molar-refractivity contribution in [2.75, 3.05) is 13.1 Å². The zero-order valence-electron chi connectivity index (χ0n) is 9.16. The second-order valence-electron chi connectivity index (χ2n) is 4.03. The van der Waals surface area contributed by atoms with Crippen LogP contribution < -0.4 is 11.3 Å². The molecule has 0 saturated carbocycles. The van der Waals surface area contributed by atoms with E-state index >= 15 is 0 Å². The number of piperidine rings is 1. The predicted octanol–water partition coefficient (Wildman–Crippen LogP) is -0.190. The van der Waals surface area contributed by atoms with Crippen LogP contribution in [0, 0.1) is 0 Å². The van der Waals surface area contributed by atoms with Gasteiger partial charge in [0.15, 0.2) is 0 Å². The van der Waals surface area contributed by atoms with Gasteiger partial charge in [0.05, 0.1) is 0 Å². The standard InChI is InChI=1S/C10H19N3O2/c1-8(2-3-10(15)12-11)13-6-4-9(14)5-7-13/h8H,2-7,11H2,1H3,(H,12,15). The van der Waals surface area contributed by atoms with Gasteiger partial charge < -0.3 is 0 Å². The Kier molecular flexibility index (Phi) is 4.71. The summed E-state index contributed by atoms with van der Waals surface area (Å²) >= 11 is 0. The number of nitrogens with zero attached hydrogens (tertiary/aromatic N) is 1. The molecule has 3 N–H and O–H groups in total. The minimum Gasteiger partial charge on any atom is -0.300 e. The monoisotopic (exact) mass is 213 g/mol. The van der Waals surface area contributed by atoms with E-state index in [0.29, 0.717) is 31.1 Å². The van der Waals surface area contributed by atoms with Gasteiger partial charge in [-0.2, -0.15) is 0 Å². The highest BCUT2D eigenvalue weighted by atomic mass is 16.2. The fourth-order valence-corrected chi connectivity index (χ4v) is 1.81. The molecule has 1 saturated heterocycles. The summed E-state index contributed by atoms with van der Waals surface area (Å²) in [5, 5.41) is 0. The summed E-state index contributed by atoms with van der Waals surface area (Å²) in [7, 11) is 0. The fourth-order valence-electron chi connectivity index (χ4n) is 1.81. The molecule has 0 bridgehead atoms. The van der Waals surface area contributed by atoms with Gasteiger partial charge in [-0.15, -0.1) is 0 Å². The zero-order valence-corrected chi connectivity index (χ0v) is 9.16. The third kappa shape index (κ3) is 3.97. The Morgan fingerprint density at radius 1 is 1.53 bits per heavy atom. The number of rotatable bonds is 4. The number of nitrogens with one attached hydrogen (secondary N) is 1. The van der Waals surface area contributed by atoms with Crippen LogP contribution in [0.15, 0.2) is 0 Å². The van der Waals surface area contributed by atoms with Crippen LogP contribution in [0.5, 0.6) is 0 Å². The number of amides is 1. The summed E-state index contributed by atoms with van der Waals surface area (Å²) in [5.74, 6) is 5.21. The van der Waals surface area contributed by atoms with E-state index in [1.165, 1.54) is 0 Å². The molecular formula is C10H19N3O2. The van der Waals surface area contributed by atoms with Gasteiger partial charge in [0.2, 0.25) is 5.91 Å². The first-order valence-corrected chi connectivity index (χ1v) is 5.38. The minimum atomic E-state index is -0.130. The predicted molar refractivity (Wildman–Crippen MR) is 56.8 cm³/mol. The lowest BCUT2D eigenvalue weighted by atomic mass is 10.1. The fraction of sp³-hybridized carbons (Fsp3) is 0.800. The van der Waals surface area contributed by atoms with Crippen LogP contribution in [0.3, 0.4) is 0 Å². The quantitative estimate of drug-likeness (QED) is 0.385. The number of hydrazine groups is 1. The number of carbonyl (C=O) groups is 2. The van der Waals surface area contributed by atoms with E-state index in [1.54, 1.807) is 0 Å². The molecule has 1 aliphatic heterocycles. The Balaban J connectivity index is 2.24. The summed E-state index contributed by atoms with van der Waals surface area (Å²) in [6.45, 7) is 3.73. The molecule has 1 aliphatic rings. The first-order chi connectivity index (χ1) is 7.13. The average molecular weight is 213 g/mol. The Morgan fingerprint density at radius 3 is 2.67 bits per heavy atom. The normalized spacial score (nSPS) is 20.0. The van der Waals surface area contributed by atoms with Gasteiger partial charge in [-0.1, -0.05) is 0 Å². The topological polar surface area (TPSA) is 75.4 Å². The van der Waals surface area contributed by atoms with E-state index in [0.717, 1.165) is 19.5 Å². The first-order valence-electron chi connectivity index (χ1n) is 5.38. The van der Waals surface area contributed by atoms with Crippen molar-refractivity contribution in [3.05, 3.63) is 0 Å². The summed E-state index contributed by atoms with van der Waals surface area (Å²) < 4.78 is 0. The highest BCUT2D eigenvalue weighted by Gasteiger charge is 2.20. The molecule has 0 aromatic heterocycles. The van der Waals surface area contributed by atoms with Gasteiger partial charge in [-0.05, 0) is 13.3 Å². The number of hydrogen-bond acceptors (Lipinski definition) is 4. The van der Waals surface area contributed by atoms with Gasteiger partial charge in [0.25, 0.3) is 0 Å². The molecular weight excluding hydrogens is 194 g/mol. The summed E-state index contributed by atoms with van der Waals surface area (Å²) in [6.07, 6.45) is 2.53. The lowest BCUT2D eigenvalue weighted by Gasteiger charge is -2.31. The zero-order chi connectivity index (χ0) is 11.3. The van der Waals surface area contributed by atoms with Crippen molar-refractivity contribution >= 4 is 11.7 Å². The molecule has 1 atom stereocenters. The molecule has 0 spiro atoms. The van der Waals surface area contributed by atoms with Gasteiger partial charge in [-0.25, -0.2) is 5.84 Å². The van der Waals surface area contributed by atoms with Crippen LogP contribution in [-0.2, 0) is 9.59 Å². The van der Waals surface area contributed by atoms with E-state index in [2.05, 4.69) is 17.2 Å². The molecule has 1 amide bonds. The Morgan fingerprint density at radius 2 is 2.13 bits per heavy atom. The van der Waals surface area contributed by atoms with Crippen LogP contribution in [0.1, 0.15) is 32.6 Å². The molecule has 1 fully saturated rings. The lowest BCUT2D eigenvalue weighted by Crippen LogP contribution is -2.41. The second-order valence-corrected chi connectivity index (χ2v) is 4.03. The van der Waals surface area contributed by atoms with E-state index in [-0.39, 0.29) is 5.91 Å². The van der Waals surface area contributed by atoms with Crippen LogP contribution in [0.2, 0.25) is 0 Å². The molecule has 0 aliphatic carbocycles. The Labute approximate surface area is 90.0 Å². The molecule has 5 heteroatoms. The van der Waals surface area contributed by atoms with Crippen LogP contribution in [0.4, 0.5) is 0 Å². The molecule has 0 aromatic rings. The third-order valence-corrected chi connectivity index (χ3v) is 2.93. The van der Waals surface area contributed by atoms with Crippen LogP contribution in [-0.4, -0.2) is 35.7 Å². The minimum absolute atomic E-state index is 0.130. The third-order valence-electron chi connectivity index (χ3n) is 2.93. The van der Waals surface area contributed by atoms with Gasteiger partial charge in [0.1, 0.15) is 5.78 Å². The summed E-state index contributed by atoms with van der Waals surface area (Å²) in [4.78, 5) is 24.2. The molecule has 5 nitrogen and oxygen atoms in total. The Bertz CT molecular complexity index is 233. The number of likely N-dealkylation sites (tertiary alicyclic amines) is 1. The number of nitrogens with two attached hydrogens (primary N) is 1. The molecule has 15 heavy (non-hydrogen) atoms. The van der Waals surface area contributed by atoms with Crippen LogP contribution >= 0.6 is 0 Å². The average Bonchev–Trinajstić information content (AvgIpc) is 2.26. The van der Waals surface area contributed by atoms with E-state index in [1.807, 2.05) is 0 Å². The van der Waals surface area contributed by atoms with Crippen molar-refractivity contribution in [3.8, 4) is 0 Å². The van der Waals surface area contributed by atoms with Gasteiger partial charge in [0, 0.05) is 38.4 Å². The highest BCUT2D eigenvalue weighted by Crippen LogP contribution is 2.13. The van der Waals surface area contributed by atoms with Gasteiger partial charge in [-0.3, -0.25) is 19.9 Å². The number of carbonyl (C=O) groups excluding carboxylic acids is 2. The number of ketones is 1. The van der Waals surface area contributed by atoms with Crippen molar-refractivity contribution in [2.45, 2.75) is 38.6 Å². The SMILES string of the molecule is CC(CCC(=O)NN)N1CCC(=O)CC1.